The molecule has 3 aromatic heterocycles. The van der Waals surface area contributed by atoms with Crippen molar-refractivity contribution in [1.29, 1.82) is 0 Å². The Hall–Kier alpha value is -2.73. The summed E-state index contributed by atoms with van der Waals surface area (Å²) in [6.45, 7) is 4.87. The number of ether oxygens (including phenoxy) is 2. The molecule has 11 heteroatoms. The SMILES string of the molecule is CN1CC(N(C)Cc2cnc(Nc3ncc(-c4ccnc(OC5CCC6(CC5)COC6)n4)s3)nc2)C1. The summed E-state index contributed by atoms with van der Waals surface area (Å²) in [5.41, 5.74) is 2.30. The number of aromatic nitrogens is 5. The minimum Gasteiger partial charge on any atom is -0.460 e. The molecule has 3 aliphatic rings. The van der Waals surface area contributed by atoms with Crippen molar-refractivity contribution >= 4 is 22.4 Å². The van der Waals surface area contributed by atoms with Gasteiger partial charge in [0.05, 0.1) is 23.8 Å². The zero-order chi connectivity index (χ0) is 24.5. The van der Waals surface area contributed by atoms with Crippen LogP contribution in [0.15, 0.2) is 30.9 Å². The zero-order valence-electron chi connectivity index (χ0n) is 20.8. The second-order valence-corrected chi connectivity index (χ2v) is 11.4. The third kappa shape index (κ3) is 5.19. The number of hydrogen-bond acceptors (Lipinski definition) is 11. The van der Waals surface area contributed by atoms with Crippen LogP contribution in [0.3, 0.4) is 0 Å². The topological polar surface area (TPSA) is 101 Å². The summed E-state index contributed by atoms with van der Waals surface area (Å²) in [6, 6.07) is 2.91. The van der Waals surface area contributed by atoms with E-state index in [0.29, 0.717) is 28.5 Å². The lowest BCUT2D eigenvalue weighted by atomic mass is 9.72. The Morgan fingerprint density at radius 3 is 2.61 bits per heavy atom. The van der Waals surface area contributed by atoms with Crippen molar-refractivity contribution in [3.05, 3.63) is 36.4 Å². The third-order valence-corrected chi connectivity index (χ3v) is 8.43. The van der Waals surface area contributed by atoms with Crippen molar-refractivity contribution in [1.82, 2.24) is 34.7 Å². The van der Waals surface area contributed by atoms with E-state index in [1.807, 2.05) is 18.5 Å². The summed E-state index contributed by atoms with van der Waals surface area (Å²) >= 11 is 1.50. The van der Waals surface area contributed by atoms with Gasteiger partial charge in [-0.25, -0.2) is 19.9 Å². The summed E-state index contributed by atoms with van der Waals surface area (Å²) in [5, 5.41) is 3.92. The Balaban J connectivity index is 1.04. The van der Waals surface area contributed by atoms with Gasteiger partial charge in [0.15, 0.2) is 5.13 Å². The van der Waals surface area contributed by atoms with Crippen molar-refractivity contribution in [2.75, 3.05) is 45.7 Å². The number of nitrogens with one attached hydrogen (secondary N) is 1. The standard InChI is InChI=1S/C25H32N8O2S/c1-32-13-18(14-32)33(2)12-17-9-27-22(28-10-17)31-24-29-11-21(36-24)20-5-8-26-23(30-20)35-19-3-6-25(7-4-19)15-34-16-25/h5,8-11,18-19H,3-4,6-7,12-16H2,1-2H3,(H,27,28,29,31). The number of likely N-dealkylation sites (tertiary alicyclic amines) is 1. The summed E-state index contributed by atoms with van der Waals surface area (Å²) in [5.74, 6) is 0.532. The highest BCUT2D eigenvalue weighted by Crippen LogP contribution is 2.43. The van der Waals surface area contributed by atoms with Crippen LogP contribution in [-0.2, 0) is 11.3 Å². The minimum atomic E-state index is 0.167. The third-order valence-electron chi connectivity index (χ3n) is 7.50. The van der Waals surface area contributed by atoms with Crippen LogP contribution in [0.4, 0.5) is 11.1 Å². The Morgan fingerprint density at radius 1 is 1.14 bits per heavy atom. The summed E-state index contributed by atoms with van der Waals surface area (Å²) < 4.78 is 11.6. The Kier molecular flexibility index (Phi) is 6.55. The molecule has 0 aromatic carbocycles. The second-order valence-electron chi connectivity index (χ2n) is 10.4. The van der Waals surface area contributed by atoms with E-state index in [1.165, 1.54) is 11.3 Å². The molecule has 190 valence electrons. The maximum atomic E-state index is 6.13. The lowest BCUT2D eigenvalue weighted by Gasteiger charge is -2.45. The largest absolute Gasteiger partial charge is 0.460 e. The molecule has 10 nitrogen and oxygen atoms in total. The van der Waals surface area contributed by atoms with Crippen LogP contribution in [-0.4, -0.2) is 87.3 Å². The second kappa shape index (κ2) is 9.97. The Morgan fingerprint density at radius 2 is 1.92 bits per heavy atom. The first kappa shape index (κ1) is 23.7. The van der Waals surface area contributed by atoms with Crippen molar-refractivity contribution < 1.29 is 9.47 Å². The van der Waals surface area contributed by atoms with Crippen LogP contribution in [0.5, 0.6) is 6.01 Å². The molecule has 36 heavy (non-hydrogen) atoms. The first-order chi connectivity index (χ1) is 17.5. The highest BCUT2D eigenvalue weighted by atomic mass is 32.1. The Bertz CT molecular complexity index is 1170. The molecule has 0 bridgehead atoms. The first-order valence-corrected chi connectivity index (χ1v) is 13.4. The monoisotopic (exact) mass is 508 g/mol. The molecule has 0 unspecified atom stereocenters. The molecule has 1 aliphatic carbocycles. The highest BCUT2D eigenvalue weighted by molar-refractivity contribution is 7.18. The predicted octanol–water partition coefficient (Wildman–Crippen LogP) is 3.22. The van der Waals surface area contributed by atoms with Crippen LogP contribution in [0.25, 0.3) is 10.6 Å². The molecule has 2 saturated heterocycles. The van der Waals surface area contributed by atoms with E-state index >= 15 is 0 Å². The average Bonchev–Trinajstić information content (AvgIpc) is 3.31. The number of anilines is 2. The van der Waals surface area contributed by atoms with Gasteiger partial charge in [0.25, 0.3) is 0 Å². The molecule has 1 N–H and O–H groups in total. The first-order valence-electron chi connectivity index (χ1n) is 12.5. The highest BCUT2D eigenvalue weighted by Gasteiger charge is 2.42. The molecule has 3 aromatic rings. The fourth-order valence-electron chi connectivity index (χ4n) is 5.09. The Labute approximate surface area is 215 Å². The molecule has 1 saturated carbocycles. The van der Waals surface area contributed by atoms with Crippen LogP contribution >= 0.6 is 11.3 Å². The molecule has 6 rings (SSSR count). The van der Waals surface area contributed by atoms with Gasteiger partial charge in [-0.2, -0.15) is 4.98 Å². The normalized spacial score (nSPS) is 20.3. The number of hydrogen-bond donors (Lipinski definition) is 1. The fraction of sp³-hybridized carbons (Fsp3) is 0.560. The van der Waals surface area contributed by atoms with Crippen LogP contribution in [0.2, 0.25) is 0 Å². The van der Waals surface area contributed by atoms with Crippen LogP contribution in [0, 0.1) is 5.41 Å². The van der Waals surface area contributed by atoms with Gasteiger partial charge in [0.2, 0.25) is 5.95 Å². The van der Waals surface area contributed by atoms with Gasteiger partial charge in [0.1, 0.15) is 6.10 Å². The smallest absolute Gasteiger partial charge is 0.317 e. The van der Waals surface area contributed by atoms with E-state index in [1.54, 1.807) is 12.4 Å². The summed E-state index contributed by atoms with van der Waals surface area (Å²) in [4.78, 5) is 28.0. The lowest BCUT2D eigenvalue weighted by Crippen LogP contribution is -2.56. The summed E-state index contributed by atoms with van der Waals surface area (Å²) in [6.07, 6.45) is 11.8. The number of nitrogens with zero attached hydrogens (tertiary/aromatic N) is 7. The van der Waals surface area contributed by atoms with Gasteiger partial charge >= 0.3 is 6.01 Å². The van der Waals surface area contributed by atoms with Gasteiger partial charge in [0, 0.05) is 61.4 Å². The fourth-order valence-corrected chi connectivity index (χ4v) is 5.87. The van der Waals surface area contributed by atoms with Gasteiger partial charge < -0.3 is 19.7 Å². The molecule has 3 fully saturated rings. The molecule has 2 aliphatic heterocycles. The number of rotatable bonds is 8. The van der Waals surface area contributed by atoms with Crippen LogP contribution < -0.4 is 10.1 Å². The van der Waals surface area contributed by atoms with E-state index in [2.05, 4.69) is 54.1 Å². The molecule has 1 spiro atoms. The lowest BCUT2D eigenvalue weighted by molar-refractivity contribution is -0.140. The van der Waals surface area contributed by atoms with E-state index in [0.717, 1.165) is 74.7 Å². The van der Waals surface area contributed by atoms with Gasteiger partial charge in [-0.05, 0) is 45.8 Å². The van der Waals surface area contributed by atoms with Crippen LogP contribution in [0.1, 0.15) is 31.2 Å². The van der Waals surface area contributed by atoms with Crippen molar-refractivity contribution in [3.8, 4) is 16.6 Å². The van der Waals surface area contributed by atoms with Gasteiger partial charge in [-0.3, -0.25) is 4.90 Å². The zero-order valence-corrected chi connectivity index (χ0v) is 21.6. The van der Waals surface area contributed by atoms with Gasteiger partial charge in [-0.1, -0.05) is 11.3 Å². The van der Waals surface area contributed by atoms with E-state index in [-0.39, 0.29) is 6.10 Å². The molecular weight excluding hydrogens is 476 g/mol. The van der Waals surface area contributed by atoms with Crippen molar-refractivity contribution in [3.63, 3.8) is 0 Å². The van der Waals surface area contributed by atoms with E-state index in [4.69, 9.17) is 9.47 Å². The molecule has 0 atom stereocenters. The minimum absolute atomic E-state index is 0.167. The maximum Gasteiger partial charge on any atom is 0.317 e. The average molecular weight is 509 g/mol. The quantitative estimate of drug-likeness (QED) is 0.488. The van der Waals surface area contributed by atoms with Crippen molar-refractivity contribution in [2.24, 2.45) is 5.41 Å². The predicted molar refractivity (Wildman–Crippen MR) is 137 cm³/mol. The molecule has 0 radical (unpaired) electrons. The summed E-state index contributed by atoms with van der Waals surface area (Å²) in [7, 11) is 4.30. The van der Waals surface area contributed by atoms with Gasteiger partial charge in [-0.15, -0.1) is 0 Å². The van der Waals surface area contributed by atoms with E-state index in [9.17, 15) is 0 Å². The van der Waals surface area contributed by atoms with E-state index < -0.39 is 0 Å². The molecule has 0 amide bonds. The molecule has 5 heterocycles. The maximum absolute atomic E-state index is 6.13. The molecular formula is C25H32N8O2S. The van der Waals surface area contributed by atoms with Crippen molar-refractivity contribution in [2.45, 2.75) is 44.4 Å². The number of thiazole rings is 1. The number of likely N-dealkylation sites (N-methyl/N-ethyl adjacent to an activating group) is 2.